The molecule has 0 aliphatic carbocycles. The molecule has 0 aromatic heterocycles. The van der Waals surface area contributed by atoms with E-state index in [1.807, 2.05) is 36.5 Å². The van der Waals surface area contributed by atoms with Crippen LogP contribution in [0.3, 0.4) is 0 Å². The normalized spacial score (nSPS) is 17.7. The minimum atomic E-state index is -0.534. The fraction of sp³-hybridized carbons (Fsp3) is 0.444. The molecule has 0 spiro atoms. The fourth-order valence-electron chi connectivity index (χ4n) is 2.98. The molecule has 1 aromatic rings. The van der Waals surface area contributed by atoms with Gasteiger partial charge in [0.2, 0.25) is 0 Å². The molecule has 4 N–H and O–H groups in total. The van der Waals surface area contributed by atoms with E-state index in [2.05, 4.69) is 0 Å². The summed E-state index contributed by atoms with van der Waals surface area (Å²) < 4.78 is 0. The monoisotopic (exact) mass is 333 g/mol. The first-order chi connectivity index (χ1) is 11.5. The molecule has 130 valence electrons. The molecular formula is C18H25N2O4+. The first-order valence-corrected chi connectivity index (χ1v) is 8.21. The molecule has 1 amide bonds. The lowest BCUT2D eigenvalue weighted by molar-refractivity contribution is -0.656. The molecule has 1 atom stereocenters. The molecule has 6 nitrogen and oxygen atoms in total. The van der Waals surface area contributed by atoms with Crippen LogP contribution in [0, 0.1) is 6.92 Å². The molecule has 0 bridgehead atoms. The van der Waals surface area contributed by atoms with Crippen molar-refractivity contribution in [2.45, 2.75) is 26.3 Å². The maximum atomic E-state index is 12.4. The number of carbonyl (C=O) groups excluding carboxylic acids is 2. The third kappa shape index (κ3) is 3.83. The van der Waals surface area contributed by atoms with Crippen LogP contribution in [0.25, 0.3) is 0 Å². The van der Waals surface area contributed by atoms with E-state index in [0.717, 1.165) is 17.7 Å². The highest BCUT2D eigenvalue weighted by molar-refractivity contribution is 6.08. The highest BCUT2D eigenvalue weighted by Crippen LogP contribution is 2.37. The van der Waals surface area contributed by atoms with Gasteiger partial charge in [0, 0.05) is 13.0 Å². The van der Waals surface area contributed by atoms with Gasteiger partial charge in [-0.1, -0.05) is 29.8 Å². The van der Waals surface area contributed by atoms with Crippen molar-refractivity contribution in [3.05, 3.63) is 46.7 Å². The van der Waals surface area contributed by atoms with Crippen LogP contribution in [-0.2, 0) is 9.59 Å². The Morgan fingerprint density at radius 3 is 2.50 bits per heavy atom. The van der Waals surface area contributed by atoms with Crippen LogP contribution in [-0.4, -0.2) is 53.0 Å². The number of hydrogen-bond acceptors (Lipinski definition) is 4. The van der Waals surface area contributed by atoms with Crippen molar-refractivity contribution in [1.29, 1.82) is 0 Å². The maximum absolute atomic E-state index is 12.4. The topological polar surface area (TPSA) is 94.5 Å². The molecule has 1 aliphatic heterocycles. The van der Waals surface area contributed by atoms with Crippen LogP contribution in [0.1, 0.15) is 30.5 Å². The number of nitrogens with two attached hydrogens (primary N) is 1. The maximum Gasteiger partial charge on any atom is 0.290 e. The van der Waals surface area contributed by atoms with Gasteiger partial charge in [-0.05, 0) is 19.4 Å². The Morgan fingerprint density at radius 2 is 1.92 bits per heavy atom. The number of ketones is 1. The van der Waals surface area contributed by atoms with E-state index in [0.29, 0.717) is 19.5 Å². The number of aliphatic hydroxyl groups excluding tert-OH is 2. The summed E-state index contributed by atoms with van der Waals surface area (Å²) in [5.41, 5.74) is 2.08. The van der Waals surface area contributed by atoms with E-state index in [1.54, 1.807) is 4.90 Å². The first kappa shape index (κ1) is 18.2. The van der Waals surface area contributed by atoms with Crippen LogP contribution >= 0.6 is 0 Å². The predicted molar refractivity (Wildman–Crippen MR) is 89.3 cm³/mol. The predicted octanol–water partition coefficient (Wildman–Crippen LogP) is 0.225. The van der Waals surface area contributed by atoms with E-state index in [-0.39, 0.29) is 18.0 Å². The largest absolute Gasteiger partial charge is 0.503 e. The molecule has 1 aromatic carbocycles. The van der Waals surface area contributed by atoms with Gasteiger partial charge < -0.3 is 20.4 Å². The van der Waals surface area contributed by atoms with Gasteiger partial charge in [-0.15, -0.1) is 0 Å². The van der Waals surface area contributed by atoms with Crippen LogP contribution < -0.4 is 5.32 Å². The highest BCUT2D eigenvalue weighted by Gasteiger charge is 2.41. The molecule has 1 heterocycles. The Balaban J connectivity index is 2.23. The standard InChI is InChI=1S/C18H24N2O4/c1-12-4-6-14(7-5-12)16-15(13(2)22)17(23)18(24)20(16)10-3-8-19-9-11-21/h4-7,16,19,21,23H,3,8-11H2,1-2H3/p+1/t16-/m0/s1. The van der Waals surface area contributed by atoms with Crippen molar-refractivity contribution < 1.29 is 25.1 Å². The lowest BCUT2D eigenvalue weighted by Gasteiger charge is -2.26. The van der Waals surface area contributed by atoms with Gasteiger partial charge in [0.1, 0.15) is 0 Å². The second-order valence-corrected chi connectivity index (χ2v) is 6.07. The first-order valence-electron chi connectivity index (χ1n) is 8.21. The van der Waals surface area contributed by atoms with E-state index in [1.165, 1.54) is 6.92 Å². The summed E-state index contributed by atoms with van der Waals surface area (Å²) in [4.78, 5) is 25.9. The number of aryl methyl sites for hydroxylation is 1. The Hall–Kier alpha value is -2.18. The minimum Gasteiger partial charge on any atom is -0.503 e. The van der Waals surface area contributed by atoms with Crippen LogP contribution in [0.5, 0.6) is 0 Å². The quantitative estimate of drug-likeness (QED) is 0.594. The number of amides is 1. The zero-order chi connectivity index (χ0) is 17.7. The van der Waals surface area contributed by atoms with Crippen molar-refractivity contribution >= 4 is 11.7 Å². The van der Waals surface area contributed by atoms with E-state index < -0.39 is 17.7 Å². The highest BCUT2D eigenvalue weighted by atomic mass is 16.3. The molecule has 6 heteroatoms. The molecule has 2 rings (SSSR count). The van der Waals surface area contributed by atoms with Gasteiger partial charge in [-0.2, -0.15) is 0 Å². The third-order valence-corrected chi connectivity index (χ3v) is 4.22. The van der Waals surface area contributed by atoms with Crippen LogP contribution in [0.15, 0.2) is 35.6 Å². The second-order valence-electron chi connectivity index (χ2n) is 6.07. The average Bonchev–Trinajstić information content (AvgIpc) is 2.80. The number of Topliss-reactive ketones (excluding diaryl/α,β-unsaturated/α-hetero) is 1. The Labute approximate surface area is 141 Å². The smallest absolute Gasteiger partial charge is 0.290 e. The lowest BCUT2D eigenvalue weighted by atomic mass is 9.96. The molecule has 0 unspecified atom stereocenters. The lowest BCUT2D eigenvalue weighted by Crippen LogP contribution is -2.85. The van der Waals surface area contributed by atoms with Gasteiger partial charge in [-0.25, -0.2) is 0 Å². The van der Waals surface area contributed by atoms with Gasteiger partial charge >= 0.3 is 0 Å². The van der Waals surface area contributed by atoms with E-state index in [9.17, 15) is 14.7 Å². The Bertz CT molecular complexity index is 637. The number of benzene rings is 1. The molecule has 24 heavy (non-hydrogen) atoms. The van der Waals surface area contributed by atoms with E-state index in [4.69, 9.17) is 5.11 Å². The number of aliphatic hydroxyl groups is 2. The summed E-state index contributed by atoms with van der Waals surface area (Å²) >= 11 is 0. The van der Waals surface area contributed by atoms with Gasteiger partial charge in [0.05, 0.1) is 31.3 Å². The summed E-state index contributed by atoms with van der Waals surface area (Å²) in [6, 6.07) is 7.10. The van der Waals surface area contributed by atoms with Crippen LogP contribution in [0.2, 0.25) is 0 Å². The Kier molecular flexibility index (Phi) is 6.11. The van der Waals surface area contributed by atoms with Gasteiger partial charge in [0.15, 0.2) is 11.5 Å². The molecule has 0 saturated carbocycles. The van der Waals surface area contributed by atoms with E-state index >= 15 is 0 Å². The number of nitrogens with zero attached hydrogens (tertiary/aromatic N) is 1. The zero-order valence-electron chi connectivity index (χ0n) is 14.2. The van der Waals surface area contributed by atoms with Crippen LogP contribution in [0.4, 0.5) is 0 Å². The van der Waals surface area contributed by atoms with Crippen molar-refractivity contribution in [1.82, 2.24) is 4.90 Å². The average molecular weight is 333 g/mol. The van der Waals surface area contributed by atoms with Crippen molar-refractivity contribution in [2.24, 2.45) is 0 Å². The van der Waals surface area contributed by atoms with Crippen molar-refractivity contribution in [3.63, 3.8) is 0 Å². The Morgan fingerprint density at radius 1 is 1.25 bits per heavy atom. The number of hydrogen-bond donors (Lipinski definition) is 3. The SMILES string of the molecule is CC(=O)C1=C(O)C(=O)N(CCC[NH2+]CCO)[C@H]1c1ccc(C)cc1. The number of quaternary nitrogens is 1. The summed E-state index contributed by atoms with van der Waals surface area (Å²) in [5.74, 6) is -1.22. The van der Waals surface area contributed by atoms with Gasteiger partial charge in [0.25, 0.3) is 5.91 Å². The summed E-state index contributed by atoms with van der Waals surface area (Å²) in [6.45, 7) is 5.29. The second kappa shape index (κ2) is 8.08. The molecule has 1 aliphatic rings. The minimum absolute atomic E-state index is 0.117. The summed E-state index contributed by atoms with van der Waals surface area (Å²) in [7, 11) is 0. The number of carbonyl (C=O) groups is 2. The van der Waals surface area contributed by atoms with Crippen molar-refractivity contribution in [2.75, 3.05) is 26.2 Å². The number of rotatable bonds is 8. The summed E-state index contributed by atoms with van der Waals surface area (Å²) in [5, 5.41) is 20.9. The van der Waals surface area contributed by atoms with Gasteiger partial charge in [-0.3, -0.25) is 9.59 Å². The van der Waals surface area contributed by atoms with Crippen molar-refractivity contribution in [3.8, 4) is 0 Å². The molecule has 0 radical (unpaired) electrons. The fourth-order valence-corrected chi connectivity index (χ4v) is 2.98. The summed E-state index contributed by atoms with van der Waals surface area (Å²) in [6.07, 6.45) is 0.715. The molecule has 0 saturated heterocycles. The molecular weight excluding hydrogens is 308 g/mol. The third-order valence-electron chi connectivity index (χ3n) is 4.22. The molecule has 0 fully saturated rings. The zero-order valence-corrected chi connectivity index (χ0v) is 14.2.